The maximum absolute atomic E-state index is 13.1. The maximum Gasteiger partial charge on any atom is 0.246 e. The van der Waals surface area contributed by atoms with E-state index in [-0.39, 0.29) is 12.0 Å². The van der Waals surface area contributed by atoms with E-state index in [0.717, 1.165) is 29.1 Å². The third-order valence-corrected chi connectivity index (χ3v) is 4.75. The Balaban J connectivity index is 1.84. The average Bonchev–Trinajstić information content (AvgIpc) is 2.62. The molecule has 2 aromatic rings. The summed E-state index contributed by atoms with van der Waals surface area (Å²) >= 11 is 0. The van der Waals surface area contributed by atoms with Crippen molar-refractivity contribution < 1.29 is 9.53 Å². The summed E-state index contributed by atoms with van der Waals surface area (Å²) < 4.78 is 6.01. The predicted molar refractivity (Wildman–Crippen MR) is 107 cm³/mol. The fraction of sp³-hybridized carbons (Fsp3) is 0.381. The molecule has 26 heavy (non-hydrogen) atoms. The monoisotopic (exact) mass is 353 g/mol. The Kier molecular flexibility index (Phi) is 5.35. The van der Waals surface area contributed by atoms with Crippen LogP contribution in [0.25, 0.3) is 0 Å². The van der Waals surface area contributed by atoms with Gasteiger partial charge in [-0.05, 0) is 56.2 Å². The molecule has 0 aliphatic carbocycles. The van der Waals surface area contributed by atoms with E-state index >= 15 is 0 Å². The van der Waals surface area contributed by atoms with Crippen LogP contribution in [0.3, 0.4) is 0 Å². The topological polar surface area (TPSA) is 58.8 Å². The normalized spacial score (nSPS) is 16.0. The lowest BCUT2D eigenvalue weighted by Crippen LogP contribution is -2.46. The molecule has 0 bridgehead atoms. The first-order valence-electron chi connectivity index (χ1n) is 9.20. The van der Waals surface area contributed by atoms with Gasteiger partial charge in [0.05, 0.1) is 18.8 Å². The molecule has 1 unspecified atom stereocenters. The lowest BCUT2D eigenvalue weighted by atomic mass is 10.1. The Labute approximate surface area is 155 Å². The molecule has 1 amide bonds. The van der Waals surface area contributed by atoms with E-state index in [1.807, 2.05) is 61.2 Å². The number of hydrogen-bond donors (Lipinski definition) is 1. The first-order valence-corrected chi connectivity index (χ1v) is 9.20. The zero-order valence-corrected chi connectivity index (χ0v) is 15.7. The summed E-state index contributed by atoms with van der Waals surface area (Å²) in [7, 11) is 0. The second-order valence-corrected chi connectivity index (χ2v) is 6.73. The highest BCUT2D eigenvalue weighted by Crippen LogP contribution is 2.35. The Hall–Kier alpha value is -2.69. The van der Waals surface area contributed by atoms with Crippen molar-refractivity contribution in [3.8, 4) is 5.75 Å². The highest BCUT2D eigenvalue weighted by Gasteiger charge is 2.27. The number of nitrogens with two attached hydrogens (primary N) is 1. The zero-order valence-electron chi connectivity index (χ0n) is 15.7. The fourth-order valence-electron chi connectivity index (χ4n) is 3.35. The van der Waals surface area contributed by atoms with E-state index in [4.69, 9.17) is 10.5 Å². The van der Waals surface area contributed by atoms with Gasteiger partial charge >= 0.3 is 0 Å². The van der Waals surface area contributed by atoms with Crippen LogP contribution in [0.15, 0.2) is 42.5 Å². The first-order chi connectivity index (χ1) is 12.5. The molecule has 0 saturated heterocycles. The van der Waals surface area contributed by atoms with Crippen LogP contribution in [0.5, 0.6) is 5.75 Å². The summed E-state index contributed by atoms with van der Waals surface area (Å²) in [4.78, 5) is 17.0. The number of rotatable bonds is 5. The molecular weight excluding hydrogens is 326 g/mol. The Morgan fingerprint density at radius 2 is 2.08 bits per heavy atom. The summed E-state index contributed by atoms with van der Waals surface area (Å²) in [6, 6.07) is 13.7. The van der Waals surface area contributed by atoms with Crippen molar-refractivity contribution in [2.24, 2.45) is 0 Å². The average molecular weight is 353 g/mol. The molecule has 1 aliphatic rings. The maximum atomic E-state index is 13.1. The number of nitrogens with zero attached hydrogens (tertiary/aromatic N) is 2. The molecule has 0 spiro atoms. The molecule has 2 N–H and O–H groups in total. The van der Waals surface area contributed by atoms with Crippen molar-refractivity contribution in [3.05, 3.63) is 48.0 Å². The van der Waals surface area contributed by atoms with Gasteiger partial charge in [0.15, 0.2) is 0 Å². The first kappa shape index (κ1) is 18.1. The van der Waals surface area contributed by atoms with Crippen LogP contribution in [-0.2, 0) is 4.79 Å². The number of fused-ring (bicyclic) bond motifs is 1. The standard InChI is InChI=1S/C21H27N3O2/c1-4-18-13-23(19-12-16(22)9-10-20(19)26-18)14-21(25)24(5-2)17-8-6-7-15(3)11-17/h6-12,18H,4-5,13-14,22H2,1-3H3. The summed E-state index contributed by atoms with van der Waals surface area (Å²) in [5, 5.41) is 0. The van der Waals surface area contributed by atoms with Gasteiger partial charge in [-0.15, -0.1) is 0 Å². The number of benzene rings is 2. The molecule has 0 saturated carbocycles. The van der Waals surface area contributed by atoms with Crippen LogP contribution >= 0.6 is 0 Å². The molecule has 0 radical (unpaired) electrons. The highest BCUT2D eigenvalue weighted by molar-refractivity contribution is 5.96. The van der Waals surface area contributed by atoms with Gasteiger partial charge in [0.1, 0.15) is 11.9 Å². The molecule has 138 valence electrons. The number of likely N-dealkylation sites (N-methyl/N-ethyl adjacent to an activating group) is 1. The predicted octanol–water partition coefficient (Wildman–Crippen LogP) is 3.61. The summed E-state index contributed by atoms with van der Waals surface area (Å²) in [5.41, 5.74) is 9.60. The summed E-state index contributed by atoms with van der Waals surface area (Å²) in [6.45, 7) is 7.75. The van der Waals surface area contributed by atoms with Gasteiger partial charge in [0.2, 0.25) is 5.91 Å². The number of ether oxygens (including phenoxy) is 1. The van der Waals surface area contributed by atoms with Crippen molar-refractivity contribution in [2.45, 2.75) is 33.3 Å². The van der Waals surface area contributed by atoms with E-state index in [9.17, 15) is 4.79 Å². The van der Waals surface area contributed by atoms with Crippen LogP contribution in [0, 0.1) is 6.92 Å². The highest BCUT2D eigenvalue weighted by atomic mass is 16.5. The third-order valence-electron chi connectivity index (χ3n) is 4.75. The van der Waals surface area contributed by atoms with Gasteiger partial charge in [0.25, 0.3) is 0 Å². The zero-order chi connectivity index (χ0) is 18.7. The molecule has 1 aliphatic heterocycles. The van der Waals surface area contributed by atoms with Crippen LogP contribution in [0.4, 0.5) is 17.1 Å². The molecule has 5 nitrogen and oxygen atoms in total. The molecule has 2 aromatic carbocycles. The van der Waals surface area contributed by atoms with Gasteiger partial charge in [-0.2, -0.15) is 0 Å². The van der Waals surface area contributed by atoms with Crippen molar-refractivity contribution in [2.75, 3.05) is 35.2 Å². The molecule has 0 aromatic heterocycles. The molecule has 3 rings (SSSR count). The van der Waals surface area contributed by atoms with Crippen molar-refractivity contribution >= 4 is 23.0 Å². The van der Waals surface area contributed by atoms with Crippen LogP contribution in [0.1, 0.15) is 25.8 Å². The van der Waals surface area contributed by atoms with E-state index in [2.05, 4.69) is 11.8 Å². The summed E-state index contributed by atoms with van der Waals surface area (Å²) in [5.74, 6) is 0.868. The minimum atomic E-state index is 0.0724. The van der Waals surface area contributed by atoms with E-state index in [0.29, 0.717) is 25.3 Å². The second kappa shape index (κ2) is 7.68. The molecule has 1 atom stereocenters. The number of carbonyl (C=O) groups excluding carboxylic acids is 1. The summed E-state index contributed by atoms with van der Waals surface area (Å²) in [6.07, 6.45) is 0.970. The Bertz CT molecular complexity index is 791. The minimum Gasteiger partial charge on any atom is -0.486 e. The van der Waals surface area contributed by atoms with E-state index in [1.54, 1.807) is 0 Å². The lowest BCUT2D eigenvalue weighted by Gasteiger charge is -2.36. The van der Waals surface area contributed by atoms with E-state index < -0.39 is 0 Å². The van der Waals surface area contributed by atoms with E-state index in [1.165, 1.54) is 0 Å². The van der Waals surface area contributed by atoms with Gasteiger partial charge in [0, 0.05) is 17.9 Å². The number of nitrogen functional groups attached to an aromatic ring is 1. The lowest BCUT2D eigenvalue weighted by molar-refractivity contribution is -0.117. The second-order valence-electron chi connectivity index (χ2n) is 6.73. The molecule has 1 heterocycles. The Morgan fingerprint density at radius 3 is 2.77 bits per heavy atom. The molecule has 5 heteroatoms. The van der Waals surface area contributed by atoms with Gasteiger partial charge in [-0.1, -0.05) is 19.1 Å². The number of anilines is 3. The number of carbonyl (C=O) groups is 1. The number of aryl methyl sites for hydroxylation is 1. The number of hydrogen-bond acceptors (Lipinski definition) is 4. The van der Waals surface area contributed by atoms with Crippen LogP contribution in [-0.4, -0.2) is 31.6 Å². The minimum absolute atomic E-state index is 0.0724. The van der Waals surface area contributed by atoms with Gasteiger partial charge in [-0.3, -0.25) is 4.79 Å². The van der Waals surface area contributed by atoms with Crippen LogP contribution < -0.4 is 20.3 Å². The largest absolute Gasteiger partial charge is 0.486 e. The third kappa shape index (κ3) is 3.77. The quantitative estimate of drug-likeness (QED) is 0.834. The van der Waals surface area contributed by atoms with Gasteiger partial charge < -0.3 is 20.3 Å². The van der Waals surface area contributed by atoms with Crippen molar-refractivity contribution in [3.63, 3.8) is 0 Å². The fourth-order valence-corrected chi connectivity index (χ4v) is 3.35. The smallest absolute Gasteiger partial charge is 0.246 e. The molecular formula is C21H27N3O2. The van der Waals surface area contributed by atoms with Gasteiger partial charge in [-0.25, -0.2) is 0 Å². The Morgan fingerprint density at radius 1 is 1.27 bits per heavy atom. The number of amides is 1. The molecule has 0 fully saturated rings. The van der Waals surface area contributed by atoms with Crippen molar-refractivity contribution in [1.82, 2.24) is 0 Å². The van der Waals surface area contributed by atoms with Crippen LogP contribution in [0.2, 0.25) is 0 Å². The SMILES string of the molecule is CCC1CN(CC(=O)N(CC)c2cccc(C)c2)c2cc(N)ccc2O1. The van der Waals surface area contributed by atoms with Crippen molar-refractivity contribution in [1.29, 1.82) is 0 Å².